The Bertz CT molecular complexity index is 154. The summed E-state index contributed by atoms with van der Waals surface area (Å²) in [5, 5.41) is 8.75. The molecule has 50 valence electrons. The van der Waals surface area contributed by atoms with Crippen molar-refractivity contribution in [2.75, 3.05) is 0 Å². The SMILES string of the molecule is CC(C)C1(C#N)CC1C. The number of nitrogens with zero attached hydrogens (tertiary/aromatic N) is 1. The molecule has 1 saturated carbocycles. The maximum absolute atomic E-state index is 8.75. The van der Waals surface area contributed by atoms with Gasteiger partial charge in [0.25, 0.3) is 0 Å². The van der Waals surface area contributed by atoms with E-state index in [1.165, 1.54) is 0 Å². The van der Waals surface area contributed by atoms with Crippen LogP contribution in [0.3, 0.4) is 0 Å². The molecule has 1 nitrogen and oxygen atoms in total. The molecule has 1 rings (SSSR count). The van der Waals surface area contributed by atoms with Gasteiger partial charge in [0.15, 0.2) is 0 Å². The van der Waals surface area contributed by atoms with Crippen LogP contribution in [-0.2, 0) is 0 Å². The van der Waals surface area contributed by atoms with Gasteiger partial charge in [-0.05, 0) is 18.3 Å². The summed E-state index contributed by atoms with van der Waals surface area (Å²) in [6.07, 6.45) is 1.11. The second-order valence-corrected chi connectivity index (χ2v) is 3.41. The summed E-state index contributed by atoms with van der Waals surface area (Å²) in [5.41, 5.74) is 0.0556. The summed E-state index contributed by atoms with van der Waals surface area (Å²) in [6.45, 7) is 6.42. The Morgan fingerprint density at radius 3 is 2.11 bits per heavy atom. The molecule has 0 aromatic carbocycles. The smallest absolute Gasteiger partial charge is 0.0695 e. The highest BCUT2D eigenvalue weighted by Crippen LogP contribution is 2.56. The molecule has 1 aliphatic rings. The predicted octanol–water partition coefficient (Wildman–Crippen LogP) is 2.19. The zero-order valence-corrected chi connectivity index (χ0v) is 6.31. The highest BCUT2D eigenvalue weighted by molar-refractivity contribution is 5.15. The van der Waals surface area contributed by atoms with E-state index in [-0.39, 0.29) is 5.41 Å². The lowest BCUT2D eigenvalue weighted by Gasteiger charge is -2.09. The molecule has 0 spiro atoms. The van der Waals surface area contributed by atoms with Crippen molar-refractivity contribution in [3.05, 3.63) is 0 Å². The molecular formula is C8H13N. The minimum absolute atomic E-state index is 0.0556. The van der Waals surface area contributed by atoms with Gasteiger partial charge in [-0.2, -0.15) is 5.26 Å². The van der Waals surface area contributed by atoms with Crippen LogP contribution >= 0.6 is 0 Å². The second-order valence-electron chi connectivity index (χ2n) is 3.41. The van der Waals surface area contributed by atoms with Gasteiger partial charge >= 0.3 is 0 Å². The zero-order chi connectivity index (χ0) is 7.07. The van der Waals surface area contributed by atoms with E-state index in [4.69, 9.17) is 5.26 Å². The predicted molar refractivity (Wildman–Crippen MR) is 36.7 cm³/mol. The highest BCUT2D eigenvalue weighted by atomic mass is 14.6. The van der Waals surface area contributed by atoms with E-state index < -0.39 is 0 Å². The largest absolute Gasteiger partial charge is 0.198 e. The lowest BCUT2D eigenvalue weighted by molar-refractivity contribution is 0.426. The van der Waals surface area contributed by atoms with E-state index >= 15 is 0 Å². The molecule has 0 aromatic heterocycles. The highest BCUT2D eigenvalue weighted by Gasteiger charge is 2.53. The van der Waals surface area contributed by atoms with Gasteiger partial charge in [-0.3, -0.25) is 0 Å². The van der Waals surface area contributed by atoms with Crippen molar-refractivity contribution < 1.29 is 0 Å². The normalized spacial score (nSPS) is 40.6. The third-order valence-corrected chi connectivity index (χ3v) is 2.60. The van der Waals surface area contributed by atoms with E-state index in [0.717, 1.165) is 6.42 Å². The summed E-state index contributed by atoms with van der Waals surface area (Å²) in [5.74, 6) is 1.18. The number of rotatable bonds is 1. The van der Waals surface area contributed by atoms with Gasteiger partial charge in [-0.1, -0.05) is 20.8 Å². The molecule has 0 aromatic rings. The summed E-state index contributed by atoms with van der Waals surface area (Å²) < 4.78 is 0. The van der Waals surface area contributed by atoms with Crippen LogP contribution in [0, 0.1) is 28.6 Å². The van der Waals surface area contributed by atoms with Crippen LogP contribution in [0.2, 0.25) is 0 Å². The molecule has 0 saturated heterocycles. The van der Waals surface area contributed by atoms with Gasteiger partial charge in [0.2, 0.25) is 0 Å². The average Bonchev–Trinajstić information content (AvgIpc) is 2.43. The van der Waals surface area contributed by atoms with Gasteiger partial charge < -0.3 is 0 Å². The maximum atomic E-state index is 8.75. The van der Waals surface area contributed by atoms with Gasteiger partial charge in [0, 0.05) is 0 Å². The van der Waals surface area contributed by atoms with Gasteiger partial charge in [-0.15, -0.1) is 0 Å². The van der Waals surface area contributed by atoms with Crippen molar-refractivity contribution in [2.45, 2.75) is 27.2 Å². The summed E-state index contributed by atoms with van der Waals surface area (Å²) >= 11 is 0. The molecule has 0 heterocycles. The fourth-order valence-corrected chi connectivity index (χ4v) is 1.54. The molecule has 0 aliphatic heterocycles. The van der Waals surface area contributed by atoms with E-state index in [1.54, 1.807) is 0 Å². The Morgan fingerprint density at radius 2 is 2.11 bits per heavy atom. The fourth-order valence-electron chi connectivity index (χ4n) is 1.54. The van der Waals surface area contributed by atoms with Crippen molar-refractivity contribution in [3.8, 4) is 6.07 Å². The Morgan fingerprint density at radius 1 is 1.67 bits per heavy atom. The fraction of sp³-hybridized carbons (Fsp3) is 0.875. The first-order chi connectivity index (χ1) is 4.13. The minimum Gasteiger partial charge on any atom is -0.198 e. The lowest BCUT2D eigenvalue weighted by atomic mass is 9.92. The van der Waals surface area contributed by atoms with Crippen LogP contribution in [0.15, 0.2) is 0 Å². The van der Waals surface area contributed by atoms with E-state index in [0.29, 0.717) is 11.8 Å². The zero-order valence-electron chi connectivity index (χ0n) is 6.31. The van der Waals surface area contributed by atoms with Gasteiger partial charge in [0.1, 0.15) is 0 Å². The molecule has 1 heteroatoms. The first-order valence-electron chi connectivity index (χ1n) is 3.54. The van der Waals surface area contributed by atoms with Crippen LogP contribution in [0.4, 0.5) is 0 Å². The van der Waals surface area contributed by atoms with Crippen molar-refractivity contribution in [3.63, 3.8) is 0 Å². The molecule has 2 atom stereocenters. The van der Waals surface area contributed by atoms with Crippen LogP contribution in [0.5, 0.6) is 0 Å². The maximum Gasteiger partial charge on any atom is 0.0695 e. The van der Waals surface area contributed by atoms with Crippen LogP contribution in [0.25, 0.3) is 0 Å². The van der Waals surface area contributed by atoms with Crippen LogP contribution in [0.1, 0.15) is 27.2 Å². The Kier molecular flexibility index (Phi) is 1.27. The molecule has 1 aliphatic carbocycles. The van der Waals surface area contributed by atoms with Crippen molar-refractivity contribution in [1.82, 2.24) is 0 Å². The van der Waals surface area contributed by atoms with Gasteiger partial charge in [0.05, 0.1) is 11.5 Å². The number of hydrogen-bond acceptors (Lipinski definition) is 1. The van der Waals surface area contributed by atoms with Crippen molar-refractivity contribution in [2.24, 2.45) is 17.3 Å². The first-order valence-corrected chi connectivity index (χ1v) is 3.54. The molecule has 9 heavy (non-hydrogen) atoms. The van der Waals surface area contributed by atoms with E-state index in [1.807, 2.05) is 0 Å². The number of nitriles is 1. The molecule has 0 radical (unpaired) electrons. The van der Waals surface area contributed by atoms with Crippen LogP contribution < -0.4 is 0 Å². The minimum atomic E-state index is 0.0556. The molecule has 1 fully saturated rings. The quantitative estimate of drug-likeness (QED) is 0.524. The standard InChI is InChI=1S/C8H13N/c1-6(2)8(5-9)4-7(8)3/h6-7H,4H2,1-3H3. The summed E-state index contributed by atoms with van der Waals surface area (Å²) in [7, 11) is 0. The third-order valence-electron chi connectivity index (χ3n) is 2.60. The molecular weight excluding hydrogens is 110 g/mol. The monoisotopic (exact) mass is 123 g/mol. The summed E-state index contributed by atoms with van der Waals surface area (Å²) in [4.78, 5) is 0. The topological polar surface area (TPSA) is 23.8 Å². The molecule has 2 unspecified atom stereocenters. The third kappa shape index (κ3) is 0.738. The average molecular weight is 123 g/mol. The first kappa shape index (κ1) is 6.61. The van der Waals surface area contributed by atoms with E-state index in [9.17, 15) is 0 Å². The Labute approximate surface area is 56.7 Å². The van der Waals surface area contributed by atoms with Gasteiger partial charge in [-0.25, -0.2) is 0 Å². The summed E-state index contributed by atoms with van der Waals surface area (Å²) in [6, 6.07) is 2.40. The number of hydrogen-bond donors (Lipinski definition) is 0. The van der Waals surface area contributed by atoms with Crippen molar-refractivity contribution in [1.29, 1.82) is 5.26 Å². The molecule has 0 amide bonds. The second kappa shape index (κ2) is 1.73. The molecule has 0 bridgehead atoms. The van der Waals surface area contributed by atoms with Crippen LogP contribution in [-0.4, -0.2) is 0 Å². The van der Waals surface area contributed by atoms with E-state index in [2.05, 4.69) is 26.8 Å². The Hall–Kier alpha value is -0.510. The molecule has 0 N–H and O–H groups in total. The Balaban J connectivity index is 2.66. The lowest BCUT2D eigenvalue weighted by Crippen LogP contribution is -2.08. The van der Waals surface area contributed by atoms with Crippen molar-refractivity contribution >= 4 is 0 Å².